The first-order chi connectivity index (χ1) is 9.56. The van der Waals surface area contributed by atoms with Crippen LogP contribution in [0.4, 0.5) is 5.69 Å². The molecule has 7 nitrogen and oxygen atoms in total. The van der Waals surface area contributed by atoms with Gasteiger partial charge in [0.25, 0.3) is 0 Å². The molecule has 1 heterocycles. The molecule has 1 aliphatic rings. The van der Waals surface area contributed by atoms with E-state index in [0.29, 0.717) is 5.69 Å². The molecular weight excluding hydrogens is 258 g/mol. The first-order valence-corrected chi connectivity index (χ1v) is 6.93. The molecule has 110 valence electrons. The van der Waals surface area contributed by atoms with E-state index in [4.69, 9.17) is 11.5 Å². The third-order valence-corrected chi connectivity index (χ3v) is 3.62. The van der Waals surface area contributed by atoms with Crippen LogP contribution in [0.1, 0.15) is 32.1 Å². The molecular formula is C13H21N5O2. The average Bonchev–Trinajstić information content (AvgIpc) is 2.67. The van der Waals surface area contributed by atoms with E-state index < -0.39 is 5.91 Å². The molecule has 0 bridgehead atoms. The zero-order valence-electron chi connectivity index (χ0n) is 11.4. The second kappa shape index (κ2) is 6.51. The highest BCUT2D eigenvalue weighted by Gasteiger charge is 2.27. The molecule has 2 unspecified atom stereocenters. The summed E-state index contributed by atoms with van der Waals surface area (Å²) in [5.41, 5.74) is 11.7. The van der Waals surface area contributed by atoms with Gasteiger partial charge in [-0.1, -0.05) is 19.3 Å². The Morgan fingerprint density at radius 3 is 2.85 bits per heavy atom. The van der Waals surface area contributed by atoms with Gasteiger partial charge in [0, 0.05) is 12.2 Å². The lowest BCUT2D eigenvalue weighted by atomic mass is 9.94. The molecule has 2 atom stereocenters. The van der Waals surface area contributed by atoms with Crippen molar-refractivity contribution >= 4 is 17.5 Å². The van der Waals surface area contributed by atoms with Crippen molar-refractivity contribution in [1.82, 2.24) is 9.78 Å². The number of rotatable bonds is 4. The van der Waals surface area contributed by atoms with E-state index in [1.807, 2.05) is 0 Å². The topological polar surface area (TPSA) is 116 Å². The molecule has 0 saturated heterocycles. The lowest BCUT2D eigenvalue weighted by Gasteiger charge is -2.19. The van der Waals surface area contributed by atoms with Crippen LogP contribution in [0.2, 0.25) is 0 Å². The minimum absolute atomic E-state index is 0.00118. The number of carbonyl (C=O) groups excluding carboxylic acids is 2. The number of nitrogens with one attached hydrogen (secondary N) is 1. The molecule has 20 heavy (non-hydrogen) atoms. The van der Waals surface area contributed by atoms with Crippen molar-refractivity contribution in [3.05, 3.63) is 12.4 Å². The molecule has 2 rings (SSSR count). The Morgan fingerprint density at radius 2 is 2.10 bits per heavy atom. The summed E-state index contributed by atoms with van der Waals surface area (Å²) in [7, 11) is 0. The molecule has 0 radical (unpaired) electrons. The van der Waals surface area contributed by atoms with Gasteiger partial charge in [-0.05, 0) is 12.8 Å². The summed E-state index contributed by atoms with van der Waals surface area (Å²) in [5.74, 6) is -0.702. The van der Waals surface area contributed by atoms with Gasteiger partial charge in [-0.3, -0.25) is 14.3 Å². The second-order valence-electron chi connectivity index (χ2n) is 5.29. The predicted octanol–water partition coefficient (Wildman–Crippen LogP) is 0.214. The fourth-order valence-corrected chi connectivity index (χ4v) is 2.57. The largest absolute Gasteiger partial charge is 0.368 e. The number of carbonyl (C=O) groups is 2. The van der Waals surface area contributed by atoms with E-state index in [0.717, 1.165) is 32.1 Å². The summed E-state index contributed by atoms with van der Waals surface area (Å²) in [6, 6.07) is -0.0850. The van der Waals surface area contributed by atoms with Gasteiger partial charge in [-0.25, -0.2) is 0 Å². The van der Waals surface area contributed by atoms with Gasteiger partial charge in [-0.15, -0.1) is 0 Å². The van der Waals surface area contributed by atoms with E-state index in [1.54, 1.807) is 6.20 Å². The predicted molar refractivity (Wildman–Crippen MR) is 74.6 cm³/mol. The first-order valence-electron chi connectivity index (χ1n) is 6.93. The van der Waals surface area contributed by atoms with Gasteiger partial charge >= 0.3 is 0 Å². The number of nitrogens with two attached hydrogens (primary N) is 2. The fraction of sp³-hybridized carbons (Fsp3) is 0.615. The molecule has 1 fully saturated rings. The summed E-state index contributed by atoms with van der Waals surface area (Å²) in [6.07, 6.45) is 8.05. The Balaban J connectivity index is 1.96. The second-order valence-corrected chi connectivity index (χ2v) is 5.29. The number of hydrogen-bond donors (Lipinski definition) is 3. The van der Waals surface area contributed by atoms with Crippen LogP contribution < -0.4 is 16.8 Å². The molecule has 5 N–H and O–H groups in total. The maximum atomic E-state index is 12.2. The van der Waals surface area contributed by atoms with Crippen molar-refractivity contribution in [2.24, 2.45) is 17.4 Å². The van der Waals surface area contributed by atoms with Crippen LogP contribution in [-0.4, -0.2) is 27.6 Å². The normalized spacial score (nSPS) is 23.1. The fourth-order valence-electron chi connectivity index (χ4n) is 2.57. The van der Waals surface area contributed by atoms with Crippen LogP contribution in [0.25, 0.3) is 0 Å². The Kier molecular flexibility index (Phi) is 4.73. The number of nitrogens with zero attached hydrogens (tertiary/aromatic N) is 2. The number of aromatic nitrogens is 2. The Bertz CT molecular complexity index is 485. The SMILES string of the molecule is NC(=O)Cn1cc(NC(=O)C2CCCCCC2N)cn1. The maximum absolute atomic E-state index is 12.2. The van der Waals surface area contributed by atoms with Crippen LogP contribution in [0, 0.1) is 5.92 Å². The van der Waals surface area contributed by atoms with E-state index in [9.17, 15) is 9.59 Å². The van der Waals surface area contributed by atoms with Gasteiger partial charge in [0.2, 0.25) is 11.8 Å². The minimum Gasteiger partial charge on any atom is -0.368 e. The van der Waals surface area contributed by atoms with E-state index in [2.05, 4.69) is 10.4 Å². The monoisotopic (exact) mass is 279 g/mol. The lowest BCUT2D eigenvalue weighted by Crippen LogP contribution is -2.37. The van der Waals surface area contributed by atoms with Gasteiger partial charge in [0.1, 0.15) is 6.54 Å². The van der Waals surface area contributed by atoms with Gasteiger partial charge < -0.3 is 16.8 Å². The number of primary amides is 1. The highest BCUT2D eigenvalue weighted by Crippen LogP contribution is 2.23. The van der Waals surface area contributed by atoms with Crippen molar-refractivity contribution in [2.75, 3.05) is 5.32 Å². The Labute approximate surface area is 117 Å². The summed E-state index contributed by atoms with van der Waals surface area (Å²) in [6.45, 7) is -0.00118. The molecule has 1 aromatic heterocycles. The smallest absolute Gasteiger partial charge is 0.239 e. The number of hydrogen-bond acceptors (Lipinski definition) is 4. The van der Waals surface area contributed by atoms with Crippen LogP contribution in [0.3, 0.4) is 0 Å². The van der Waals surface area contributed by atoms with Crippen molar-refractivity contribution in [3.63, 3.8) is 0 Å². The highest BCUT2D eigenvalue weighted by atomic mass is 16.2. The number of amides is 2. The molecule has 2 amide bonds. The van der Waals surface area contributed by atoms with Crippen LogP contribution in [-0.2, 0) is 16.1 Å². The molecule has 0 aromatic carbocycles. The van der Waals surface area contributed by atoms with Crippen molar-refractivity contribution in [1.29, 1.82) is 0 Å². The zero-order chi connectivity index (χ0) is 14.5. The Hall–Kier alpha value is -1.89. The summed E-state index contributed by atoms with van der Waals surface area (Å²) >= 11 is 0. The van der Waals surface area contributed by atoms with Gasteiger partial charge in [0.15, 0.2) is 0 Å². The maximum Gasteiger partial charge on any atom is 0.239 e. The number of anilines is 1. The van der Waals surface area contributed by atoms with Crippen molar-refractivity contribution in [2.45, 2.75) is 44.7 Å². The molecule has 7 heteroatoms. The highest BCUT2D eigenvalue weighted by molar-refractivity contribution is 5.92. The average molecular weight is 279 g/mol. The van der Waals surface area contributed by atoms with Gasteiger partial charge in [-0.2, -0.15) is 5.10 Å². The minimum atomic E-state index is -0.475. The van der Waals surface area contributed by atoms with Crippen LogP contribution in [0.15, 0.2) is 12.4 Å². The van der Waals surface area contributed by atoms with Crippen LogP contribution in [0.5, 0.6) is 0 Å². The van der Waals surface area contributed by atoms with Crippen molar-refractivity contribution in [3.8, 4) is 0 Å². The molecule has 1 aliphatic carbocycles. The third kappa shape index (κ3) is 3.80. The molecule has 1 saturated carbocycles. The summed E-state index contributed by atoms with van der Waals surface area (Å²) in [5, 5.41) is 6.77. The van der Waals surface area contributed by atoms with E-state index in [1.165, 1.54) is 10.9 Å². The summed E-state index contributed by atoms with van der Waals surface area (Å²) in [4.78, 5) is 23.0. The zero-order valence-corrected chi connectivity index (χ0v) is 11.4. The molecule has 0 aliphatic heterocycles. The van der Waals surface area contributed by atoms with Gasteiger partial charge in [0.05, 0.1) is 17.8 Å². The van der Waals surface area contributed by atoms with Crippen LogP contribution >= 0.6 is 0 Å². The summed E-state index contributed by atoms with van der Waals surface area (Å²) < 4.78 is 1.39. The third-order valence-electron chi connectivity index (χ3n) is 3.62. The first kappa shape index (κ1) is 14.5. The van der Waals surface area contributed by atoms with E-state index >= 15 is 0 Å². The quantitative estimate of drug-likeness (QED) is 0.683. The van der Waals surface area contributed by atoms with E-state index in [-0.39, 0.29) is 24.4 Å². The lowest BCUT2D eigenvalue weighted by molar-refractivity contribution is -0.120. The molecule has 0 spiro atoms. The molecule has 1 aromatic rings. The Morgan fingerprint density at radius 1 is 1.35 bits per heavy atom. The standard InChI is InChI=1S/C13H21N5O2/c14-11-5-3-1-2-4-10(11)13(20)17-9-6-16-18(7-9)8-12(15)19/h6-7,10-11H,1-5,8,14H2,(H2,15,19)(H,17,20). The van der Waals surface area contributed by atoms with Crippen molar-refractivity contribution < 1.29 is 9.59 Å².